The summed E-state index contributed by atoms with van der Waals surface area (Å²) in [5.41, 5.74) is 6.63. The molecule has 0 spiro atoms. The summed E-state index contributed by atoms with van der Waals surface area (Å²) in [6, 6.07) is 3.79. The van der Waals surface area contributed by atoms with Gasteiger partial charge in [0.15, 0.2) is 0 Å². The predicted molar refractivity (Wildman–Crippen MR) is 56.2 cm³/mol. The van der Waals surface area contributed by atoms with Gasteiger partial charge in [-0.2, -0.15) is 0 Å². The molecule has 0 aliphatic carbocycles. The Kier molecular flexibility index (Phi) is 3.99. The number of rotatable bonds is 4. The lowest BCUT2D eigenvalue weighted by Crippen LogP contribution is -2.05. The number of aromatic nitrogens is 1. The average molecular weight is 177 g/mol. The summed E-state index contributed by atoms with van der Waals surface area (Å²) in [5.74, 6) is 0.566. The highest BCUT2D eigenvalue weighted by molar-refractivity contribution is 5.52. The Morgan fingerprint density at radius 2 is 2.46 bits per heavy atom. The highest BCUT2D eigenvalue weighted by Crippen LogP contribution is 2.05. The van der Waals surface area contributed by atoms with Gasteiger partial charge < -0.3 is 11.1 Å². The Morgan fingerprint density at radius 1 is 1.62 bits per heavy atom. The topological polar surface area (TPSA) is 50.9 Å². The Bertz CT molecular complexity index is 281. The minimum atomic E-state index is 0.566. The maximum absolute atomic E-state index is 5.53. The second-order valence-corrected chi connectivity index (χ2v) is 2.81. The van der Waals surface area contributed by atoms with E-state index in [0.29, 0.717) is 5.82 Å². The molecule has 0 radical (unpaired) electrons. The van der Waals surface area contributed by atoms with Gasteiger partial charge in [0, 0.05) is 6.20 Å². The smallest absolute Gasteiger partial charge is 0.123 e. The Labute approximate surface area is 78.7 Å². The fourth-order valence-electron chi connectivity index (χ4n) is 1.02. The monoisotopic (exact) mass is 177 g/mol. The maximum Gasteiger partial charge on any atom is 0.123 e. The number of hydrogen-bond donors (Lipinski definition) is 2. The molecule has 0 amide bonds. The molecule has 3 N–H and O–H groups in total. The van der Waals surface area contributed by atoms with Crippen LogP contribution in [0.25, 0.3) is 6.08 Å². The van der Waals surface area contributed by atoms with Gasteiger partial charge >= 0.3 is 0 Å². The summed E-state index contributed by atoms with van der Waals surface area (Å²) in [5, 5.41) is 3.08. The van der Waals surface area contributed by atoms with Crippen LogP contribution in [0.2, 0.25) is 0 Å². The third kappa shape index (κ3) is 3.71. The van der Waals surface area contributed by atoms with E-state index in [-0.39, 0.29) is 0 Å². The van der Waals surface area contributed by atoms with Crippen LogP contribution >= 0.6 is 0 Å². The first-order chi connectivity index (χ1) is 6.33. The molecule has 70 valence electrons. The van der Waals surface area contributed by atoms with Crippen molar-refractivity contribution >= 4 is 11.9 Å². The van der Waals surface area contributed by atoms with Gasteiger partial charge in [0.2, 0.25) is 0 Å². The highest BCUT2D eigenvalue weighted by Gasteiger charge is 1.87. The number of nitrogens with one attached hydrogen (secondary N) is 1. The van der Waals surface area contributed by atoms with Crippen molar-refractivity contribution in [1.29, 1.82) is 0 Å². The van der Waals surface area contributed by atoms with Crippen molar-refractivity contribution in [3.05, 3.63) is 30.0 Å². The molecular weight excluding hydrogens is 162 g/mol. The molecule has 0 atom stereocenters. The van der Waals surface area contributed by atoms with Crippen LogP contribution in [-0.4, -0.2) is 18.6 Å². The first-order valence-corrected chi connectivity index (χ1v) is 4.35. The molecule has 3 nitrogen and oxygen atoms in total. The third-order valence-corrected chi connectivity index (χ3v) is 1.68. The van der Waals surface area contributed by atoms with Crippen LogP contribution in [-0.2, 0) is 0 Å². The normalized spacial score (nSPS) is 10.8. The van der Waals surface area contributed by atoms with Crippen LogP contribution in [0.3, 0.4) is 0 Å². The van der Waals surface area contributed by atoms with Crippen LogP contribution < -0.4 is 11.1 Å². The summed E-state index contributed by atoms with van der Waals surface area (Å²) in [6.45, 7) is 0.997. The van der Waals surface area contributed by atoms with E-state index in [0.717, 1.165) is 18.5 Å². The van der Waals surface area contributed by atoms with Crippen LogP contribution in [0.4, 0.5) is 5.82 Å². The predicted octanol–water partition coefficient (Wildman–Crippen LogP) is 1.29. The lowest BCUT2D eigenvalue weighted by Gasteiger charge is -1.95. The molecule has 0 aliphatic rings. The third-order valence-electron chi connectivity index (χ3n) is 1.68. The Balaban J connectivity index is 2.48. The van der Waals surface area contributed by atoms with Gasteiger partial charge in [-0.1, -0.05) is 12.2 Å². The van der Waals surface area contributed by atoms with Crippen LogP contribution in [0.5, 0.6) is 0 Å². The van der Waals surface area contributed by atoms with E-state index in [9.17, 15) is 0 Å². The van der Waals surface area contributed by atoms with Crippen LogP contribution in [0.1, 0.15) is 12.0 Å². The summed E-state index contributed by atoms with van der Waals surface area (Å²) < 4.78 is 0. The number of pyridine rings is 1. The first-order valence-electron chi connectivity index (χ1n) is 4.35. The van der Waals surface area contributed by atoms with Crippen molar-refractivity contribution in [2.24, 2.45) is 0 Å². The molecule has 0 fully saturated rings. The van der Waals surface area contributed by atoms with E-state index >= 15 is 0 Å². The zero-order valence-corrected chi connectivity index (χ0v) is 7.83. The van der Waals surface area contributed by atoms with Crippen molar-refractivity contribution in [1.82, 2.24) is 10.3 Å². The maximum atomic E-state index is 5.53. The van der Waals surface area contributed by atoms with Gasteiger partial charge in [0.05, 0.1) is 0 Å². The molecule has 3 heteroatoms. The second-order valence-electron chi connectivity index (χ2n) is 2.81. The molecule has 1 heterocycles. The van der Waals surface area contributed by atoms with Crippen molar-refractivity contribution in [2.45, 2.75) is 6.42 Å². The minimum absolute atomic E-state index is 0.566. The zero-order chi connectivity index (χ0) is 9.52. The SMILES string of the molecule is CNCCC=Cc1ccnc(N)c1. The highest BCUT2D eigenvalue weighted by atomic mass is 14.8. The van der Waals surface area contributed by atoms with Crippen molar-refractivity contribution in [2.75, 3.05) is 19.3 Å². The molecular formula is C10H15N3. The zero-order valence-electron chi connectivity index (χ0n) is 7.83. The van der Waals surface area contributed by atoms with Gasteiger partial charge in [-0.15, -0.1) is 0 Å². The molecule has 1 aromatic rings. The summed E-state index contributed by atoms with van der Waals surface area (Å²) >= 11 is 0. The Hall–Kier alpha value is -1.35. The molecule has 13 heavy (non-hydrogen) atoms. The van der Waals surface area contributed by atoms with Crippen LogP contribution in [0, 0.1) is 0 Å². The number of anilines is 1. The first kappa shape index (κ1) is 9.74. The minimum Gasteiger partial charge on any atom is -0.384 e. The van der Waals surface area contributed by atoms with E-state index in [2.05, 4.69) is 22.5 Å². The van der Waals surface area contributed by atoms with E-state index < -0.39 is 0 Å². The number of nitrogens with zero attached hydrogens (tertiary/aromatic N) is 1. The van der Waals surface area contributed by atoms with Gasteiger partial charge in [-0.05, 0) is 37.7 Å². The van der Waals surface area contributed by atoms with Gasteiger partial charge in [-0.25, -0.2) is 4.98 Å². The molecule has 0 unspecified atom stereocenters. The largest absolute Gasteiger partial charge is 0.384 e. The molecule has 1 rings (SSSR count). The second kappa shape index (κ2) is 5.32. The molecule has 0 aromatic carbocycles. The van der Waals surface area contributed by atoms with Crippen molar-refractivity contribution in [3.63, 3.8) is 0 Å². The fourth-order valence-corrected chi connectivity index (χ4v) is 1.02. The molecule has 0 aliphatic heterocycles. The van der Waals surface area contributed by atoms with E-state index in [1.807, 2.05) is 19.2 Å². The summed E-state index contributed by atoms with van der Waals surface area (Å²) in [4.78, 5) is 3.92. The Morgan fingerprint density at radius 3 is 3.15 bits per heavy atom. The molecule has 0 bridgehead atoms. The van der Waals surface area contributed by atoms with Gasteiger partial charge in [0.25, 0.3) is 0 Å². The van der Waals surface area contributed by atoms with Gasteiger partial charge in [-0.3, -0.25) is 0 Å². The van der Waals surface area contributed by atoms with E-state index in [1.54, 1.807) is 6.20 Å². The van der Waals surface area contributed by atoms with Crippen molar-refractivity contribution in [3.8, 4) is 0 Å². The summed E-state index contributed by atoms with van der Waals surface area (Å²) in [7, 11) is 1.94. The lowest BCUT2D eigenvalue weighted by atomic mass is 10.2. The number of nitrogen functional groups attached to an aromatic ring is 1. The fraction of sp³-hybridized carbons (Fsp3) is 0.300. The van der Waals surface area contributed by atoms with Crippen molar-refractivity contribution < 1.29 is 0 Å². The molecule has 1 aromatic heterocycles. The van der Waals surface area contributed by atoms with E-state index in [4.69, 9.17) is 5.73 Å². The number of hydrogen-bond acceptors (Lipinski definition) is 3. The summed E-state index contributed by atoms with van der Waals surface area (Å²) in [6.07, 6.45) is 6.91. The van der Waals surface area contributed by atoms with Gasteiger partial charge in [0.1, 0.15) is 5.82 Å². The standard InChI is InChI=1S/C10H15N3/c1-12-6-3-2-4-9-5-7-13-10(11)8-9/h2,4-5,7-8,12H,3,6H2,1H3,(H2,11,13). The lowest BCUT2D eigenvalue weighted by molar-refractivity contribution is 0.809. The molecule has 0 saturated carbocycles. The van der Waals surface area contributed by atoms with E-state index in [1.165, 1.54) is 0 Å². The number of nitrogens with two attached hydrogens (primary N) is 1. The average Bonchev–Trinajstić information content (AvgIpc) is 2.13. The quantitative estimate of drug-likeness (QED) is 0.681. The molecule has 0 saturated heterocycles. The van der Waals surface area contributed by atoms with Crippen LogP contribution in [0.15, 0.2) is 24.4 Å².